The fourth-order valence-corrected chi connectivity index (χ4v) is 8.65. The van der Waals surface area contributed by atoms with E-state index in [1.54, 1.807) is 13.8 Å². The first-order chi connectivity index (χ1) is 18.3. The molecular formula is C26H33ClO12. The first kappa shape index (κ1) is 27.2. The van der Waals surface area contributed by atoms with Crippen molar-refractivity contribution in [3.63, 3.8) is 0 Å². The average molecular weight is 573 g/mol. The SMILES string of the molecule is CC(=O)O[C@H]1CC[C@]2(CO2)[C@@H]2[C@H](OC(C)=O)[C@@]34OC(CO)([C@H](Cl)[C@@H]3OC(=O)[C@@H]4C)[C@@H]3O[C@H]3[C@H](OC(C)=O)[C@@]12C. The second-order valence-corrected chi connectivity index (χ2v) is 12.4. The first-order valence-electron chi connectivity index (χ1n) is 13.2. The predicted octanol–water partition coefficient (Wildman–Crippen LogP) is 0.417. The Morgan fingerprint density at radius 3 is 2.23 bits per heavy atom. The maximum atomic E-state index is 13.1. The Morgan fingerprint density at radius 1 is 1.05 bits per heavy atom. The topological polar surface area (TPSA) is 160 Å². The number of aliphatic hydroxyl groups is 1. The smallest absolute Gasteiger partial charge is 0.312 e. The van der Waals surface area contributed by atoms with Crippen molar-refractivity contribution >= 4 is 35.5 Å². The van der Waals surface area contributed by atoms with E-state index < -0.39 is 107 Å². The van der Waals surface area contributed by atoms with Crippen LogP contribution >= 0.6 is 11.6 Å². The summed E-state index contributed by atoms with van der Waals surface area (Å²) in [5.74, 6) is -4.20. The van der Waals surface area contributed by atoms with E-state index in [1.807, 2.05) is 0 Å². The zero-order valence-corrected chi connectivity index (χ0v) is 23.1. The van der Waals surface area contributed by atoms with Gasteiger partial charge in [0.1, 0.15) is 41.5 Å². The minimum atomic E-state index is -1.65. The molecule has 6 fully saturated rings. The lowest BCUT2D eigenvalue weighted by Gasteiger charge is -2.56. The van der Waals surface area contributed by atoms with Crippen LogP contribution in [0.15, 0.2) is 0 Å². The minimum absolute atomic E-state index is 0.291. The summed E-state index contributed by atoms with van der Waals surface area (Å²) in [6.07, 6.45) is -5.05. The molecule has 0 aromatic heterocycles. The summed E-state index contributed by atoms with van der Waals surface area (Å²) in [5, 5.41) is 9.67. The van der Waals surface area contributed by atoms with Crippen LogP contribution < -0.4 is 0 Å². The summed E-state index contributed by atoms with van der Waals surface area (Å²) in [5.41, 5.74) is -5.36. The van der Waals surface area contributed by atoms with E-state index >= 15 is 0 Å². The third kappa shape index (κ3) is 3.44. The molecule has 216 valence electrons. The number of hydrogen-bond acceptors (Lipinski definition) is 12. The van der Waals surface area contributed by atoms with Crippen LogP contribution in [-0.4, -0.2) is 101 Å². The fourth-order valence-electron chi connectivity index (χ4n) is 8.16. The fraction of sp³-hybridized carbons (Fsp3) is 0.846. The summed E-state index contributed by atoms with van der Waals surface area (Å²) < 4.78 is 42.7. The number of hydrogen-bond donors (Lipinski definition) is 1. The molecule has 6 aliphatic rings. The van der Waals surface area contributed by atoms with E-state index in [2.05, 4.69) is 0 Å². The molecule has 5 heterocycles. The summed E-state index contributed by atoms with van der Waals surface area (Å²) in [4.78, 5) is 50.7. The Balaban J connectivity index is 1.64. The molecule has 0 aromatic carbocycles. The molecule has 0 radical (unpaired) electrons. The Bertz CT molecular complexity index is 1120. The molecule has 0 amide bonds. The highest BCUT2D eigenvalue weighted by Gasteiger charge is 2.85. The monoisotopic (exact) mass is 572 g/mol. The van der Waals surface area contributed by atoms with Crippen molar-refractivity contribution in [2.24, 2.45) is 17.3 Å². The number of esters is 4. The second kappa shape index (κ2) is 8.51. The van der Waals surface area contributed by atoms with E-state index in [0.29, 0.717) is 19.4 Å². The number of fused-ring (bicyclic) bond motifs is 5. The van der Waals surface area contributed by atoms with Gasteiger partial charge in [0.05, 0.1) is 30.1 Å². The number of alkyl halides is 1. The molecule has 1 N–H and O–H groups in total. The molecule has 5 saturated heterocycles. The standard InChI is InChI=1S/C26H33ClO12/c1-10-22(32)38-21-17(27)25(8-28)19-15(37-19)18(35-12(3)30)23(5)14(34-11(2)29)6-7-24(9-33-24)16(23)20(36-13(4)31)26(10,21)39-25/h10,14-21,28H,6-9H2,1-5H3/t10-,14-,15-,16+,17+,18-,19+,20-,21-,23-,24-,25?,26+/m0/s1. The largest absolute Gasteiger partial charge is 0.462 e. The van der Waals surface area contributed by atoms with Crippen LogP contribution in [0.25, 0.3) is 0 Å². The minimum Gasteiger partial charge on any atom is -0.462 e. The number of ether oxygens (including phenoxy) is 7. The van der Waals surface area contributed by atoms with Gasteiger partial charge in [0.15, 0.2) is 11.7 Å². The van der Waals surface area contributed by atoms with Gasteiger partial charge in [-0.3, -0.25) is 19.2 Å². The van der Waals surface area contributed by atoms with E-state index in [0.717, 1.165) is 0 Å². The molecule has 5 aliphatic heterocycles. The number of halogens is 1. The molecule has 2 spiro atoms. The average Bonchev–Trinajstić information content (AvgIpc) is 3.77. The van der Waals surface area contributed by atoms with Crippen molar-refractivity contribution < 1.29 is 57.4 Å². The maximum Gasteiger partial charge on any atom is 0.312 e. The van der Waals surface area contributed by atoms with Crippen molar-refractivity contribution in [1.29, 1.82) is 0 Å². The first-order valence-corrected chi connectivity index (χ1v) is 13.7. The predicted molar refractivity (Wildman–Crippen MR) is 127 cm³/mol. The molecule has 12 nitrogen and oxygen atoms in total. The van der Waals surface area contributed by atoms with Crippen LogP contribution in [0.5, 0.6) is 0 Å². The highest BCUT2D eigenvalue weighted by atomic mass is 35.5. The van der Waals surface area contributed by atoms with Gasteiger partial charge in [0.2, 0.25) is 0 Å². The lowest BCUT2D eigenvalue weighted by molar-refractivity contribution is -0.255. The normalized spacial score (nSPS) is 52.7. The van der Waals surface area contributed by atoms with E-state index in [4.69, 9.17) is 44.8 Å². The van der Waals surface area contributed by atoms with Gasteiger partial charge in [-0.2, -0.15) is 0 Å². The van der Waals surface area contributed by atoms with E-state index in [1.165, 1.54) is 20.8 Å². The van der Waals surface area contributed by atoms with Gasteiger partial charge in [-0.05, 0) is 19.8 Å². The van der Waals surface area contributed by atoms with Crippen LogP contribution in [0.4, 0.5) is 0 Å². The van der Waals surface area contributed by atoms with Crippen LogP contribution in [0, 0.1) is 17.3 Å². The quantitative estimate of drug-likeness (QED) is 0.214. The number of aliphatic hydroxyl groups excluding tert-OH is 1. The van der Waals surface area contributed by atoms with Gasteiger partial charge in [-0.15, -0.1) is 11.6 Å². The van der Waals surface area contributed by atoms with E-state index in [-0.39, 0.29) is 0 Å². The second-order valence-electron chi connectivity index (χ2n) is 12.0. The molecule has 39 heavy (non-hydrogen) atoms. The zero-order chi connectivity index (χ0) is 28.3. The molecule has 13 atom stereocenters. The van der Waals surface area contributed by atoms with Crippen molar-refractivity contribution in [2.45, 2.75) is 106 Å². The van der Waals surface area contributed by atoms with Crippen LogP contribution in [0.2, 0.25) is 0 Å². The van der Waals surface area contributed by atoms with Crippen molar-refractivity contribution in [3.05, 3.63) is 0 Å². The lowest BCUT2D eigenvalue weighted by Crippen LogP contribution is -2.69. The van der Waals surface area contributed by atoms with Gasteiger partial charge in [0.25, 0.3) is 0 Å². The van der Waals surface area contributed by atoms with Crippen LogP contribution in [0.3, 0.4) is 0 Å². The number of carbonyl (C=O) groups is 4. The third-order valence-corrected chi connectivity index (χ3v) is 10.5. The Labute approximate surface area is 229 Å². The highest BCUT2D eigenvalue weighted by molar-refractivity contribution is 6.22. The van der Waals surface area contributed by atoms with Gasteiger partial charge >= 0.3 is 23.9 Å². The van der Waals surface area contributed by atoms with Crippen molar-refractivity contribution in [2.75, 3.05) is 13.2 Å². The van der Waals surface area contributed by atoms with Gasteiger partial charge in [-0.1, -0.05) is 6.92 Å². The molecule has 1 saturated carbocycles. The summed E-state index contributed by atoms with van der Waals surface area (Å²) in [6.45, 7) is 6.87. The molecule has 13 heteroatoms. The molecule has 6 rings (SSSR count). The molecular weight excluding hydrogens is 540 g/mol. The Hall–Kier alpha value is -1.99. The van der Waals surface area contributed by atoms with Crippen molar-refractivity contribution in [3.8, 4) is 0 Å². The Morgan fingerprint density at radius 2 is 1.67 bits per heavy atom. The molecule has 2 bridgehead atoms. The number of epoxide rings is 2. The summed E-state index contributed by atoms with van der Waals surface area (Å²) in [6, 6.07) is 0. The van der Waals surface area contributed by atoms with Gasteiger partial charge < -0.3 is 38.3 Å². The highest BCUT2D eigenvalue weighted by Crippen LogP contribution is 2.68. The lowest BCUT2D eigenvalue weighted by atomic mass is 9.52. The summed E-state index contributed by atoms with van der Waals surface area (Å²) >= 11 is 6.97. The molecule has 0 aromatic rings. The van der Waals surface area contributed by atoms with Crippen LogP contribution in [-0.2, 0) is 52.3 Å². The van der Waals surface area contributed by atoms with Gasteiger partial charge in [-0.25, -0.2) is 0 Å². The van der Waals surface area contributed by atoms with Gasteiger partial charge in [0, 0.05) is 26.7 Å². The zero-order valence-electron chi connectivity index (χ0n) is 22.3. The third-order valence-electron chi connectivity index (χ3n) is 9.90. The van der Waals surface area contributed by atoms with Crippen LogP contribution in [0.1, 0.15) is 47.5 Å². The summed E-state index contributed by atoms with van der Waals surface area (Å²) in [7, 11) is 0. The maximum absolute atomic E-state index is 13.1. The molecule has 1 unspecified atom stereocenters. The number of rotatable bonds is 4. The van der Waals surface area contributed by atoms with E-state index in [9.17, 15) is 24.3 Å². The van der Waals surface area contributed by atoms with Crippen molar-refractivity contribution in [1.82, 2.24) is 0 Å². The number of carbonyl (C=O) groups excluding carboxylic acids is 4. The Kier molecular flexibility index (Phi) is 5.93. The molecule has 1 aliphatic carbocycles.